The number of aromatic nitrogens is 2. The molecule has 10 heteroatoms. The summed E-state index contributed by atoms with van der Waals surface area (Å²) in [6, 6.07) is 13.1. The van der Waals surface area contributed by atoms with Crippen molar-refractivity contribution in [1.82, 2.24) is 9.78 Å². The first-order valence-corrected chi connectivity index (χ1v) is 13.6. The molecular weight excluding hydrogens is 505 g/mol. The average molecular weight is 533 g/mol. The normalized spacial score (nSPS) is 17.6. The Kier molecular flexibility index (Phi) is 7.87. The number of hydrogen-bond donors (Lipinski definition) is 0. The summed E-state index contributed by atoms with van der Waals surface area (Å²) in [7, 11) is -4.02. The fourth-order valence-electron chi connectivity index (χ4n) is 4.11. The Balaban J connectivity index is 1.56. The minimum absolute atomic E-state index is 0.138. The first-order valence-electron chi connectivity index (χ1n) is 12.0. The third-order valence-electron chi connectivity index (χ3n) is 6.09. The second kappa shape index (κ2) is 10.9. The highest BCUT2D eigenvalue weighted by atomic mass is 32.2. The fraction of sp³-hybridized carbons (Fsp3) is 0.333. The van der Waals surface area contributed by atoms with E-state index < -0.39 is 39.5 Å². The monoisotopic (exact) mass is 532 g/mol. The Morgan fingerprint density at radius 3 is 2.43 bits per heavy atom. The Morgan fingerprint density at radius 2 is 1.76 bits per heavy atom. The molecule has 196 valence electrons. The summed E-state index contributed by atoms with van der Waals surface area (Å²) in [4.78, 5) is 12.2. The highest BCUT2D eigenvalue weighted by Crippen LogP contribution is 2.33. The van der Waals surface area contributed by atoms with Gasteiger partial charge in [0, 0.05) is 5.56 Å². The molecule has 37 heavy (non-hydrogen) atoms. The predicted molar refractivity (Wildman–Crippen MR) is 133 cm³/mol. The number of nitrogens with zero attached hydrogens (tertiary/aromatic N) is 2. The van der Waals surface area contributed by atoms with Crippen LogP contribution in [-0.4, -0.2) is 36.0 Å². The summed E-state index contributed by atoms with van der Waals surface area (Å²) in [6.45, 7) is 1.87. The lowest BCUT2D eigenvalue weighted by molar-refractivity contribution is -0.144. The number of ether oxygens (including phenoxy) is 1. The van der Waals surface area contributed by atoms with Crippen LogP contribution in [0.1, 0.15) is 43.4 Å². The molecule has 0 aliphatic heterocycles. The van der Waals surface area contributed by atoms with Crippen molar-refractivity contribution in [1.29, 1.82) is 0 Å². The molecule has 0 spiro atoms. The van der Waals surface area contributed by atoms with E-state index in [1.54, 1.807) is 30.3 Å². The molecule has 0 saturated carbocycles. The number of rotatable bonds is 6. The fourth-order valence-corrected chi connectivity index (χ4v) is 5.21. The van der Waals surface area contributed by atoms with Gasteiger partial charge < -0.3 is 4.74 Å². The number of esters is 1. The molecule has 6 nitrogen and oxygen atoms in total. The standard InChI is InChI=1S/C27H27F3N2O4S/c1-19-9-11-20(12-10-19)24-17-25(27(28,29)30)31-32(24)21-13-15-23(16-14-21)37(34,35)18-26(33)36-22-7-5-3-2-4-6-8-22/h5,7,9-17,22H,2-4,6,8,18H2,1H3/b7-5+. The lowest BCUT2D eigenvalue weighted by Gasteiger charge is -2.16. The van der Waals surface area contributed by atoms with E-state index in [-0.39, 0.29) is 16.3 Å². The van der Waals surface area contributed by atoms with Gasteiger partial charge in [0.05, 0.1) is 16.3 Å². The van der Waals surface area contributed by atoms with E-state index in [9.17, 15) is 26.4 Å². The van der Waals surface area contributed by atoms with Gasteiger partial charge in [0.15, 0.2) is 21.3 Å². The van der Waals surface area contributed by atoms with Crippen molar-refractivity contribution < 1.29 is 31.1 Å². The van der Waals surface area contributed by atoms with E-state index in [2.05, 4.69) is 5.10 Å². The number of halogens is 3. The number of aryl methyl sites for hydroxylation is 1. The molecule has 4 rings (SSSR count). The zero-order valence-electron chi connectivity index (χ0n) is 20.2. The molecule has 2 aromatic carbocycles. The van der Waals surface area contributed by atoms with E-state index in [0.29, 0.717) is 12.0 Å². The number of alkyl halides is 3. The maximum atomic E-state index is 13.4. The largest absolute Gasteiger partial charge is 0.457 e. The number of allylic oxidation sites excluding steroid dienone is 1. The van der Waals surface area contributed by atoms with Gasteiger partial charge in [-0.25, -0.2) is 13.1 Å². The quantitative estimate of drug-likeness (QED) is 0.284. The summed E-state index contributed by atoms with van der Waals surface area (Å²) < 4.78 is 72.4. The van der Waals surface area contributed by atoms with Crippen molar-refractivity contribution in [2.24, 2.45) is 0 Å². The number of carbonyl (C=O) groups excluding carboxylic acids is 1. The molecule has 0 bridgehead atoms. The Bertz CT molecular complexity index is 1380. The maximum absolute atomic E-state index is 13.4. The average Bonchev–Trinajstić information content (AvgIpc) is 3.27. The lowest BCUT2D eigenvalue weighted by Crippen LogP contribution is -2.24. The van der Waals surface area contributed by atoms with E-state index >= 15 is 0 Å². The molecule has 3 aromatic rings. The maximum Gasteiger partial charge on any atom is 0.435 e. The third kappa shape index (κ3) is 6.68. The van der Waals surface area contributed by atoms with Crippen molar-refractivity contribution in [2.75, 3.05) is 5.75 Å². The van der Waals surface area contributed by atoms with Gasteiger partial charge in [-0.15, -0.1) is 0 Å². The molecule has 0 radical (unpaired) electrons. The second-order valence-corrected chi connectivity index (χ2v) is 11.0. The summed E-state index contributed by atoms with van der Waals surface area (Å²) in [5.41, 5.74) is 0.859. The zero-order chi connectivity index (χ0) is 26.6. The van der Waals surface area contributed by atoms with Crippen LogP contribution in [0.15, 0.2) is 71.6 Å². The van der Waals surface area contributed by atoms with Crippen molar-refractivity contribution in [2.45, 2.75) is 56.2 Å². The van der Waals surface area contributed by atoms with Crippen LogP contribution in [0, 0.1) is 6.92 Å². The third-order valence-corrected chi connectivity index (χ3v) is 7.69. The lowest BCUT2D eigenvalue weighted by atomic mass is 10.0. The summed E-state index contributed by atoms with van der Waals surface area (Å²) in [6.07, 6.45) is 3.16. The Hall–Kier alpha value is -3.40. The second-order valence-electron chi connectivity index (χ2n) is 9.04. The molecule has 0 N–H and O–H groups in total. The topological polar surface area (TPSA) is 78.3 Å². The minimum atomic E-state index is -4.65. The molecular formula is C27H27F3N2O4S. The smallest absolute Gasteiger partial charge is 0.435 e. The van der Waals surface area contributed by atoms with Crippen molar-refractivity contribution in [3.05, 3.63) is 78.0 Å². The first kappa shape index (κ1) is 26.7. The number of benzene rings is 2. The molecule has 0 saturated heterocycles. The molecule has 1 aromatic heterocycles. The van der Waals surface area contributed by atoms with Gasteiger partial charge in [0.1, 0.15) is 6.10 Å². The van der Waals surface area contributed by atoms with Crippen LogP contribution in [0.2, 0.25) is 0 Å². The first-order chi connectivity index (χ1) is 17.5. The Morgan fingerprint density at radius 1 is 1.05 bits per heavy atom. The van der Waals surface area contributed by atoms with Crippen molar-refractivity contribution >= 4 is 15.8 Å². The van der Waals surface area contributed by atoms with E-state index in [4.69, 9.17) is 4.74 Å². The summed E-state index contributed by atoms with van der Waals surface area (Å²) in [5.74, 6) is -1.67. The van der Waals surface area contributed by atoms with Gasteiger partial charge >= 0.3 is 12.1 Å². The SMILES string of the molecule is Cc1ccc(-c2cc(C(F)(F)F)nn2-c2ccc(S(=O)(=O)CC(=O)OC3/C=C/CCCCC3)cc2)cc1. The number of sulfone groups is 1. The van der Waals surface area contributed by atoms with E-state index in [1.165, 1.54) is 24.3 Å². The Labute approximate surface area is 213 Å². The van der Waals surface area contributed by atoms with Gasteiger partial charge in [-0.1, -0.05) is 42.3 Å². The van der Waals surface area contributed by atoms with Crippen LogP contribution in [0.3, 0.4) is 0 Å². The molecule has 1 aliphatic rings. The van der Waals surface area contributed by atoms with E-state index in [1.807, 2.05) is 13.0 Å². The van der Waals surface area contributed by atoms with Gasteiger partial charge in [-0.05, 0) is 69.0 Å². The van der Waals surface area contributed by atoms with Crippen LogP contribution in [-0.2, 0) is 25.5 Å². The van der Waals surface area contributed by atoms with Crippen LogP contribution in [0.4, 0.5) is 13.2 Å². The zero-order valence-corrected chi connectivity index (χ0v) is 21.1. The van der Waals surface area contributed by atoms with Gasteiger partial charge in [-0.2, -0.15) is 18.3 Å². The number of hydrogen-bond acceptors (Lipinski definition) is 5. The molecule has 0 amide bonds. The van der Waals surface area contributed by atoms with Crippen LogP contribution in [0.25, 0.3) is 16.9 Å². The summed E-state index contributed by atoms with van der Waals surface area (Å²) >= 11 is 0. The molecule has 1 aliphatic carbocycles. The van der Waals surface area contributed by atoms with Gasteiger partial charge in [-0.3, -0.25) is 4.79 Å². The molecule has 1 unspecified atom stereocenters. The highest BCUT2D eigenvalue weighted by Gasteiger charge is 2.35. The number of carbonyl (C=O) groups is 1. The van der Waals surface area contributed by atoms with Gasteiger partial charge in [0.25, 0.3) is 0 Å². The van der Waals surface area contributed by atoms with Crippen LogP contribution >= 0.6 is 0 Å². The minimum Gasteiger partial charge on any atom is -0.457 e. The summed E-state index contributed by atoms with van der Waals surface area (Å²) in [5, 5.41) is 3.73. The van der Waals surface area contributed by atoms with E-state index in [0.717, 1.165) is 42.0 Å². The van der Waals surface area contributed by atoms with Crippen LogP contribution in [0.5, 0.6) is 0 Å². The van der Waals surface area contributed by atoms with Crippen LogP contribution < -0.4 is 0 Å². The molecule has 1 heterocycles. The molecule has 1 atom stereocenters. The van der Waals surface area contributed by atoms with Gasteiger partial charge in [0.2, 0.25) is 0 Å². The predicted octanol–water partition coefficient (Wildman–Crippen LogP) is 6.07. The van der Waals surface area contributed by atoms with Crippen molar-refractivity contribution in [3.63, 3.8) is 0 Å². The van der Waals surface area contributed by atoms with Crippen molar-refractivity contribution in [3.8, 4) is 16.9 Å². The highest BCUT2D eigenvalue weighted by molar-refractivity contribution is 7.92. The molecule has 0 fully saturated rings.